The molecule has 21 heavy (non-hydrogen) atoms. The van der Waals surface area contributed by atoms with Gasteiger partial charge in [-0.15, -0.1) is 0 Å². The molecule has 1 saturated heterocycles. The number of carbonyl (C=O) groups excluding carboxylic acids is 1. The molecule has 1 unspecified atom stereocenters. The molecule has 5 heteroatoms. The van der Waals surface area contributed by atoms with Crippen LogP contribution in [-0.2, 0) is 9.53 Å². The van der Waals surface area contributed by atoms with E-state index >= 15 is 0 Å². The first-order valence-electron chi connectivity index (χ1n) is 7.64. The Hall–Kier alpha value is -1.59. The van der Waals surface area contributed by atoms with Crippen LogP contribution in [0, 0.1) is 0 Å². The maximum absolute atomic E-state index is 12.2. The predicted molar refractivity (Wildman–Crippen MR) is 83.7 cm³/mol. The molecule has 1 aromatic rings. The van der Waals surface area contributed by atoms with Crippen molar-refractivity contribution in [3.8, 4) is 0 Å². The van der Waals surface area contributed by atoms with Crippen LogP contribution < -0.4 is 10.2 Å². The van der Waals surface area contributed by atoms with Crippen molar-refractivity contribution < 1.29 is 9.53 Å². The summed E-state index contributed by atoms with van der Waals surface area (Å²) >= 11 is 0. The molecule has 1 N–H and O–H groups in total. The SMILES string of the molecule is CC(C)N1CCOC(CN2C(=O)CNc3ccccc32)C1. The molecule has 3 rings (SSSR count). The van der Waals surface area contributed by atoms with E-state index in [0.717, 1.165) is 31.1 Å². The van der Waals surface area contributed by atoms with Crippen LogP contribution in [-0.4, -0.2) is 55.7 Å². The number of carbonyl (C=O) groups is 1. The monoisotopic (exact) mass is 289 g/mol. The van der Waals surface area contributed by atoms with Gasteiger partial charge in [0.2, 0.25) is 5.91 Å². The van der Waals surface area contributed by atoms with E-state index in [4.69, 9.17) is 4.74 Å². The normalized spacial score (nSPS) is 23.1. The summed E-state index contributed by atoms with van der Waals surface area (Å²) in [5.74, 6) is 0.110. The highest BCUT2D eigenvalue weighted by Crippen LogP contribution is 2.29. The second-order valence-electron chi connectivity index (χ2n) is 5.96. The van der Waals surface area contributed by atoms with E-state index in [1.54, 1.807) is 0 Å². The first-order chi connectivity index (χ1) is 10.1. The Morgan fingerprint density at radius 1 is 1.38 bits per heavy atom. The summed E-state index contributed by atoms with van der Waals surface area (Å²) in [7, 11) is 0. The second-order valence-corrected chi connectivity index (χ2v) is 5.96. The molecular formula is C16H23N3O2. The van der Waals surface area contributed by atoms with Gasteiger partial charge in [0.05, 0.1) is 37.2 Å². The molecule has 0 saturated carbocycles. The molecule has 1 aromatic carbocycles. The Balaban J connectivity index is 1.73. The average Bonchev–Trinajstić information content (AvgIpc) is 2.50. The van der Waals surface area contributed by atoms with Gasteiger partial charge in [0, 0.05) is 19.1 Å². The molecule has 1 atom stereocenters. The van der Waals surface area contributed by atoms with Gasteiger partial charge in [-0.2, -0.15) is 0 Å². The molecule has 2 heterocycles. The van der Waals surface area contributed by atoms with Crippen LogP contribution in [0.4, 0.5) is 11.4 Å². The van der Waals surface area contributed by atoms with Crippen LogP contribution >= 0.6 is 0 Å². The molecule has 5 nitrogen and oxygen atoms in total. The first kappa shape index (κ1) is 14.4. The van der Waals surface area contributed by atoms with Crippen molar-refractivity contribution in [3.05, 3.63) is 24.3 Å². The molecule has 0 aromatic heterocycles. The van der Waals surface area contributed by atoms with Gasteiger partial charge in [0.25, 0.3) is 0 Å². The van der Waals surface area contributed by atoms with Gasteiger partial charge in [-0.3, -0.25) is 9.69 Å². The number of nitrogens with zero attached hydrogens (tertiary/aromatic N) is 2. The molecule has 1 amide bonds. The highest BCUT2D eigenvalue weighted by molar-refractivity contribution is 6.02. The minimum Gasteiger partial charge on any atom is -0.374 e. The van der Waals surface area contributed by atoms with Crippen LogP contribution in [0.25, 0.3) is 0 Å². The number of rotatable bonds is 3. The number of fused-ring (bicyclic) bond motifs is 1. The Bertz CT molecular complexity index is 518. The van der Waals surface area contributed by atoms with Crippen molar-refractivity contribution in [2.24, 2.45) is 0 Å². The minimum absolute atomic E-state index is 0.0799. The quantitative estimate of drug-likeness (QED) is 0.917. The number of para-hydroxylation sites is 2. The van der Waals surface area contributed by atoms with Gasteiger partial charge in [-0.05, 0) is 26.0 Å². The fourth-order valence-corrected chi connectivity index (χ4v) is 2.98. The number of hydrogen-bond acceptors (Lipinski definition) is 4. The standard InChI is InChI=1S/C16H23N3O2/c1-12(2)18-7-8-21-13(10-18)11-19-15-6-4-3-5-14(15)17-9-16(19)20/h3-6,12-13,17H,7-11H2,1-2H3. The third-order valence-electron chi connectivity index (χ3n) is 4.21. The lowest BCUT2D eigenvalue weighted by Crippen LogP contribution is -2.52. The molecular weight excluding hydrogens is 266 g/mol. The first-order valence-corrected chi connectivity index (χ1v) is 7.64. The maximum Gasteiger partial charge on any atom is 0.246 e. The van der Waals surface area contributed by atoms with Gasteiger partial charge in [0.1, 0.15) is 0 Å². The van der Waals surface area contributed by atoms with E-state index in [0.29, 0.717) is 19.1 Å². The summed E-state index contributed by atoms with van der Waals surface area (Å²) in [5.41, 5.74) is 1.98. The largest absolute Gasteiger partial charge is 0.374 e. The molecule has 0 bridgehead atoms. The predicted octanol–water partition coefficient (Wildman–Crippen LogP) is 1.55. The smallest absolute Gasteiger partial charge is 0.246 e. The van der Waals surface area contributed by atoms with E-state index in [9.17, 15) is 4.79 Å². The number of ether oxygens (including phenoxy) is 1. The topological polar surface area (TPSA) is 44.8 Å². The van der Waals surface area contributed by atoms with Gasteiger partial charge in [-0.25, -0.2) is 0 Å². The molecule has 1 fully saturated rings. The molecule has 2 aliphatic rings. The van der Waals surface area contributed by atoms with Crippen molar-refractivity contribution >= 4 is 17.3 Å². The Morgan fingerprint density at radius 3 is 3.00 bits per heavy atom. The van der Waals surface area contributed by atoms with Crippen LogP contribution in [0.5, 0.6) is 0 Å². The number of morpholine rings is 1. The van der Waals surface area contributed by atoms with Crippen molar-refractivity contribution in [1.29, 1.82) is 0 Å². The number of amides is 1. The third-order valence-corrected chi connectivity index (χ3v) is 4.21. The van der Waals surface area contributed by atoms with Crippen LogP contribution in [0.2, 0.25) is 0 Å². The molecule has 114 valence electrons. The summed E-state index contributed by atoms with van der Waals surface area (Å²) < 4.78 is 5.87. The Morgan fingerprint density at radius 2 is 2.19 bits per heavy atom. The van der Waals surface area contributed by atoms with Crippen LogP contribution in [0.1, 0.15) is 13.8 Å². The van der Waals surface area contributed by atoms with E-state index in [2.05, 4.69) is 24.1 Å². The fraction of sp³-hybridized carbons (Fsp3) is 0.562. The zero-order valence-electron chi connectivity index (χ0n) is 12.7. The zero-order valence-corrected chi connectivity index (χ0v) is 12.7. The van der Waals surface area contributed by atoms with E-state index in [1.165, 1.54) is 0 Å². The third kappa shape index (κ3) is 3.04. The summed E-state index contributed by atoms with van der Waals surface area (Å²) in [4.78, 5) is 16.5. The summed E-state index contributed by atoms with van der Waals surface area (Å²) in [6, 6.07) is 8.47. The zero-order chi connectivity index (χ0) is 14.8. The highest BCUT2D eigenvalue weighted by atomic mass is 16.5. The number of nitrogens with one attached hydrogen (secondary N) is 1. The molecule has 2 aliphatic heterocycles. The maximum atomic E-state index is 12.2. The van der Waals surface area contributed by atoms with Gasteiger partial charge in [0.15, 0.2) is 0 Å². The van der Waals surface area contributed by atoms with Crippen molar-refractivity contribution in [3.63, 3.8) is 0 Å². The number of hydrogen-bond donors (Lipinski definition) is 1. The minimum atomic E-state index is 0.0799. The second kappa shape index (κ2) is 6.03. The van der Waals surface area contributed by atoms with Gasteiger partial charge < -0.3 is 15.0 Å². The lowest BCUT2D eigenvalue weighted by atomic mass is 10.1. The molecule has 0 aliphatic carbocycles. The summed E-state index contributed by atoms with van der Waals surface area (Å²) in [5, 5.41) is 3.16. The number of anilines is 2. The van der Waals surface area contributed by atoms with E-state index in [1.807, 2.05) is 29.2 Å². The lowest BCUT2D eigenvalue weighted by Gasteiger charge is -2.39. The van der Waals surface area contributed by atoms with Crippen molar-refractivity contribution in [1.82, 2.24) is 4.90 Å². The number of benzene rings is 1. The summed E-state index contributed by atoms with van der Waals surface area (Å²) in [6.07, 6.45) is 0.0799. The molecule has 0 spiro atoms. The van der Waals surface area contributed by atoms with E-state index < -0.39 is 0 Å². The Kier molecular flexibility index (Phi) is 4.12. The van der Waals surface area contributed by atoms with Gasteiger partial charge in [-0.1, -0.05) is 12.1 Å². The van der Waals surface area contributed by atoms with Crippen molar-refractivity contribution in [2.75, 3.05) is 43.0 Å². The Labute approximate surface area is 125 Å². The summed E-state index contributed by atoms with van der Waals surface area (Å²) in [6.45, 7) is 7.99. The lowest BCUT2D eigenvalue weighted by molar-refractivity contribution is -0.118. The van der Waals surface area contributed by atoms with Crippen molar-refractivity contribution in [2.45, 2.75) is 26.0 Å². The highest BCUT2D eigenvalue weighted by Gasteiger charge is 2.29. The van der Waals surface area contributed by atoms with Gasteiger partial charge >= 0.3 is 0 Å². The van der Waals surface area contributed by atoms with Crippen LogP contribution in [0.3, 0.4) is 0 Å². The van der Waals surface area contributed by atoms with E-state index in [-0.39, 0.29) is 12.0 Å². The average molecular weight is 289 g/mol. The molecule has 0 radical (unpaired) electrons. The fourth-order valence-electron chi connectivity index (χ4n) is 2.98. The van der Waals surface area contributed by atoms with Crippen LogP contribution in [0.15, 0.2) is 24.3 Å².